The van der Waals surface area contributed by atoms with Gasteiger partial charge in [-0.25, -0.2) is 17.7 Å². The number of hydrogen-bond donors (Lipinski definition) is 1. The first-order valence-corrected chi connectivity index (χ1v) is 10.0. The Labute approximate surface area is 150 Å². The molecule has 0 radical (unpaired) electrons. The van der Waals surface area contributed by atoms with Crippen LogP contribution in [0.3, 0.4) is 0 Å². The highest BCUT2D eigenvalue weighted by Crippen LogP contribution is 2.45. The van der Waals surface area contributed by atoms with Crippen molar-refractivity contribution in [3.8, 4) is 0 Å². The average Bonchev–Trinajstić information content (AvgIpc) is 3.36. The number of aromatic nitrogens is 4. The van der Waals surface area contributed by atoms with Gasteiger partial charge < -0.3 is 14.4 Å². The number of rotatable bonds is 4. The molecule has 1 amide bonds. The Hall–Kier alpha value is -2.27. The highest BCUT2D eigenvalue weighted by Gasteiger charge is 2.59. The molecule has 2 aliphatic heterocycles. The van der Waals surface area contributed by atoms with Gasteiger partial charge in [-0.1, -0.05) is 5.16 Å². The molecule has 1 N–H and O–H groups in total. The minimum absolute atomic E-state index is 0.0372. The molecule has 2 aliphatic rings. The smallest absolute Gasteiger partial charge is 0.271 e. The van der Waals surface area contributed by atoms with Gasteiger partial charge >= 0.3 is 0 Å². The van der Waals surface area contributed by atoms with Gasteiger partial charge in [0.25, 0.3) is 5.91 Å². The van der Waals surface area contributed by atoms with Crippen LogP contribution >= 0.6 is 0 Å². The maximum Gasteiger partial charge on any atom is 0.271 e. The topological polar surface area (TPSA) is 125 Å². The van der Waals surface area contributed by atoms with Gasteiger partial charge in [0, 0.05) is 32.1 Å². The molecule has 2 aromatic heterocycles. The molecule has 4 heterocycles. The molecule has 2 aromatic rings. The van der Waals surface area contributed by atoms with E-state index in [0.717, 1.165) is 0 Å². The minimum Gasteiger partial charge on any atom is -0.341 e. The van der Waals surface area contributed by atoms with E-state index in [-0.39, 0.29) is 24.1 Å². The molecule has 0 bridgehead atoms. The maximum atomic E-state index is 12.7. The highest BCUT2D eigenvalue weighted by atomic mass is 32.2. The Kier molecular flexibility index (Phi) is 3.88. The Morgan fingerprint density at radius 2 is 2.23 bits per heavy atom. The molecule has 0 aliphatic carbocycles. The lowest BCUT2D eigenvalue weighted by molar-refractivity contribution is 0.0767. The van der Waals surface area contributed by atoms with Crippen LogP contribution in [-0.2, 0) is 15.4 Å². The second-order valence-electron chi connectivity index (χ2n) is 6.84. The molecule has 140 valence electrons. The second kappa shape index (κ2) is 5.88. The van der Waals surface area contributed by atoms with Crippen molar-refractivity contribution in [3.05, 3.63) is 29.9 Å². The molecular weight excluding hydrogens is 360 g/mol. The fraction of sp³-hybridized carbons (Fsp3) is 0.600. The molecule has 2 saturated heterocycles. The third kappa shape index (κ3) is 2.53. The summed E-state index contributed by atoms with van der Waals surface area (Å²) in [5, 5.41) is 3.87. The summed E-state index contributed by atoms with van der Waals surface area (Å²) in [7, 11) is -3.34. The Morgan fingerprint density at radius 3 is 2.85 bits per heavy atom. The van der Waals surface area contributed by atoms with E-state index >= 15 is 0 Å². The zero-order chi connectivity index (χ0) is 18.5. The van der Waals surface area contributed by atoms with Gasteiger partial charge in [0.05, 0.1) is 23.7 Å². The summed E-state index contributed by atoms with van der Waals surface area (Å²) in [4.78, 5) is 25.5. The molecule has 26 heavy (non-hydrogen) atoms. The number of carbonyl (C=O) groups is 1. The number of amides is 1. The fourth-order valence-electron chi connectivity index (χ4n) is 3.91. The first-order chi connectivity index (χ1) is 12.4. The van der Waals surface area contributed by atoms with Gasteiger partial charge in [-0.05, 0) is 13.8 Å². The molecule has 0 aromatic carbocycles. The number of aryl methyl sites for hydroxylation is 1. The van der Waals surface area contributed by atoms with Crippen molar-refractivity contribution in [2.24, 2.45) is 5.92 Å². The third-order valence-electron chi connectivity index (χ3n) is 5.31. The van der Waals surface area contributed by atoms with E-state index in [1.807, 2.05) is 0 Å². The summed E-state index contributed by atoms with van der Waals surface area (Å²) in [6.45, 7) is 4.67. The lowest BCUT2D eigenvalue weighted by Gasteiger charge is -2.25. The number of nitrogens with one attached hydrogen (secondary N) is 1. The van der Waals surface area contributed by atoms with E-state index in [9.17, 15) is 13.2 Å². The number of H-pyrrole nitrogens is 1. The van der Waals surface area contributed by atoms with Crippen molar-refractivity contribution in [1.29, 1.82) is 0 Å². The fourth-order valence-corrected chi connectivity index (χ4v) is 5.11. The number of aromatic amines is 1. The molecule has 2 atom stereocenters. The normalized spacial score (nSPS) is 26.4. The van der Waals surface area contributed by atoms with Gasteiger partial charge in [0.15, 0.2) is 5.82 Å². The second-order valence-corrected chi connectivity index (χ2v) is 9.10. The SMILES string of the molecule is CCS(=O)(=O)N1C[C@@H]2CN(C(=O)c3cnc[nH]3)C[C@]2(c2nc(C)no2)C1. The molecule has 2 fully saturated rings. The van der Waals surface area contributed by atoms with Crippen LogP contribution in [0.15, 0.2) is 17.0 Å². The zero-order valence-corrected chi connectivity index (χ0v) is 15.4. The lowest BCUT2D eigenvalue weighted by Crippen LogP contribution is -2.41. The number of hydrogen-bond acceptors (Lipinski definition) is 7. The molecule has 4 rings (SSSR count). The zero-order valence-electron chi connectivity index (χ0n) is 14.5. The summed E-state index contributed by atoms with van der Waals surface area (Å²) in [5.41, 5.74) is -0.279. The van der Waals surface area contributed by atoms with Crippen LogP contribution in [0.5, 0.6) is 0 Å². The van der Waals surface area contributed by atoms with E-state index in [0.29, 0.717) is 37.0 Å². The first-order valence-electron chi connectivity index (χ1n) is 8.42. The van der Waals surface area contributed by atoms with Crippen molar-refractivity contribution in [1.82, 2.24) is 29.3 Å². The Bertz CT molecular complexity index is 924. The summed E-state index contributed by atoms with van der Waals surface area (Å²) >= 11 is 0. The summed E-state index contributed by atoms with van der Waals surface area (Å²) in [6, 6.07) is 0. The van der Waals surface area contributed by atoms with E-state index in [1.54, 1.807) is 18.7 Å². The van der Waals surface area contributed by atoms with Crippen molar-refractivity contribution in [2.45, 2.75) is 19.3 Å². The number of imidazole rings is 1. The summed E-state index contributed by atoms with van der Waals surface area (Å²) < 4.78 is 31.7. The Morgan fingerprint density at radius 1 is 1.42 bits per heavy atom. The standard InChI is InChI=1S/C15H20N6O4S/c1-3-26(23,24)21-6-11-5-20(13(22)12-4-16-9-17-12)7-15(11,8-21)14-18-10(2)19-25-14/h4,9,11H,3,5-8H2,1-2H3,(H,16,17)/t11-,15-/m0/s1. The quantitative estimate of drug-likeness (QED) is 0.777. The van der Waals surface area contributed by atoms with Gasteiger partial charge in [0.2, 0.25) is 15.9 Å². The van der Waals surface area contributed by atoms with E-state index < -0.39 is 15.4 Å². The average molecular weight is 380 g/mol. The molecule has 11 heteroatoms. The van der Waals surface area contributed by atoms with Crippen LogP contribution in [0.2, 0.25) is 0 Å². The molecular formula is C15H20N6O4S. The van der Waals surface area contributed by atoms with Crippen molar-refractivity contribution in [3.63, 3.8) is 0 Å². The first kappa shape index (κ1) is 17.2. The Balaban J connectivity index is 1.68. The number of fused-ring (bicyclic) bond motifs is 1. The number of sulfonamides is 1. The van der Waals surface area contributed by atoms with Crippen LogP contribution in [0.1, 0.15) is 29.1 Å². The predicted octanol–water partition coefficient (Wildman–Crippen LogP) is -0.224. The molecule has 0 spiro atoms. The predicted molar refractivity (Wildman–Crippen MR) is 89.7 cm³/mol. The van der Waals surface area contributed by atoms with E-state index in [2.05, 4.69) is 20.1 Å². The van der Waals surface area contributed by atoms with Crippen LogP contribution in [0, 0.1) is 12.8 Å². The monoisotopic (exact) mass is 380 g/mol. The minimum atomic E-state index is -3.34. The van der Waals surface area contributed by atoms with Crippen molar-refractivity contribution < 1.29 is 17.7 Å². The van der Waals surface area contributed by atoms with Crippen LogP contribution in [-0.4, -0.2) is 75.6 Å². The molecule has 0 unspecified atom stereocenters. The summed E-state index contributed by atoms with van der Waals surface area (Å²) in [5.74, 6) is 0.653. The van der Waals surface area contributed by atoms with Crippen molar-refractivity contribution in [2.75, 3.05) is 31.9 Å². The van der Waals surface area contributed by atoms with Gasteiger partial charge in [-0.15, -0.1) is 0 Å². The van der Waals surface area contributed by atoms with E-state index in [1.165, 1.54) is 16.8 Å². The largest absolute Gasteiger partial charge is 0.341 e. The lowest BCUT2D eigenvalue weighted by atomic mass is 9.81. The van der Waals surface area contributed by atoms with Gasteiger partial charge in [0.1, 0.15) is 5.69 Å². The van der Waals surface area contributed by atoms with E-state index in [4.69, 9.17) is 4.52 Å². The maximum absolute atomic E-state index is 12.7. The highest BCUT2D eigenvalue weighted by molar-refractivity contribution is 7.89. The number of carbonyl (C=O) groups excluding carboxylic acids is 1. The van der Waals surface area contributed by atoms with Crippen LogP contribution in [0.25, 0.3) is 0 Å². The van der Waals surface area contributed by atoms with Gasteiger partial charge in [-0.3, -0.25) is 4.79 Å². The number of likely N-dealkylation sites (tertiary alicyclic amines) is 1. The van der Waals surface area contributed by atoms with Crippen LogP contribution in [0.4, 0.5) is 0 Å². The number of nitrogens with zero attached hydrogens (tertiary/aromatic N) is 5. The van der Waals surface area contributed by atoms with Gasteiger partial charge in [-0.2, -0.15) is 4.98 Å². The molecule has 0 saturated carbocycles. The summed E-state index contributed by atoms with van der Waals surface area (Å²) in [6.07, 6.45) is 2.94. The third-order valence-corrected chi connectivity index (χ3v) is 7.10. The van der Waals surface area contributed by atoms with Crippen LogP contribution < -0.4 is 0 Å². The molecule has 10 nitrogen and oxygen atoms in total. The van der Waals surface area contributed by atoms with Crippen molar-refractivity contribution >= 4 is 15.9 Å².